The van der Waals surface area contributed by atoms with Crippen LogP contribution in [-0.2, 0) is 11.2 Å². The highest BCUT2D eigenvalue weighted by molar-refractivity contribution is 7.14. The molecule has 2 heterocycles. The van der Waals surface area contributed by atoms with Gasteiger partial charge in [0.15, 0.2) is 0 Å². The zero-order valence-electron chi connectivity index (χ0n) is 15.0. The van der Waals surface area contributed by atoms with Crippen LogP contribution < -0.4 is 5.32 Å². The molecule has 4 rings (SSSR count). The van der Waals surface area contributed by atoms with Crippen molar-refractivity contribution in [1.82, 2.24) is 10.1 Å². The molecule has 0 aliphatic rings. The fourth-order valence-corrected chi connectivity index (χ4v) is 3.49. The summed E-state index contributed by atoms with van der Waals surface area (Å²) in [6.45, 7) is 2.00. The van der Waals surface area contributed by atoms with E-state index in [9.17, 15) is 9.18 Å². The molecule has 0 fully saturated rings. The van der Waals surface area contributed by atoms with Crippen molar-refractivity contribution in [3.8, 4) is 22.2 Å². The molecule has 1 N–H and O–H groups in total. The van der Waals surface area contributed by atoms with Gasteiger partial charge in [0.2, 0.25) is 11.7 Å². The molecule has 7 heteroatoms. The van der Waals surface area contributed by atoms with Crippen LogP contribution in [0.15, 0.2) is 64.5 Å². The van der Waals surface area contributed by atoms with Crippen LogP contribution in [0.3, 0.4) is 0 Å². The van der Waals surface area contributed by atoms with Crippen LogP contribution in [0, 0.1) is 12.7 Å². The number of hydrogen-bond acceptors (Lipinski definition) is 5. The van der Waals surface area contributed by atoms with Gasteiger partial charge in [-0.15, -0.1) is 11.3 Å². The second-order valence-corrected chi connectivity index (χ2v) is 7.22. The Morgan fingerprint density at radius 1 is 1.18 bits per heavy atom. The molecule has 28 heavy (non-hydrogen) atoms. The van der Waals surface area contributed by atoms with E-state index in [2.05, 4.69) is 15.5 Å². The smallest absolute Gasteiger partial charge is 0.270 e. The number of aromatic nitrogens is 2. The first-order valence-corrected chi connectivity index (χ1v) is 9.49. The average molecular weight is 393 g/mol. The minimum Gasteiger partial charge on any atom is -0.333 e. The van der Waals surface area contributed by atoms with Gasteiger partial charge in [0.1, 0.15) is 10.7 Å². The maximum atomic E-state index is 13.4. The molecule has 1 amide bonds. The number of nitrogens with one attached hydrogen (secondary N) is 1. The van der Waals surface area contributed by atoms with E-state index in [1.54, 1.807) is 18.2 Å². The Morgan fingerprint density at radius 2 is 2.00 bits per heavy atom. The predicted molar refractivity (Wildman–Crippen MR) is 107 cm³/mol. The van der Waals surface area contributed by atoms with E-state index in [0.717, 1.165) is 11.1 Å². The van der Waals surface area contributed by atoms with E-state index in [-0.39, 0.29) is 24.0 Å². The Morgan fingerprint density at radius 3 is 2.79 bits per heavy atom. The van der Waals surface area contributed by atoms with Gasteiger partial charge in [-0.3, -0.25) is 4.79 Å². The third-order valence-corrected chi connectivity index (χ3v) is 5.03. The molecule has 140 valence electrons. The largest absolute Gasteiger partial charge is 0.333 e. The zero-order valence-corrected chi connectivity index (χ0v) is 15.8. The molecule has 0 radical (unpaired) electrons. The number of thiophene rings is 1. The van der Waals surface area contributed by atoms with Crippen molar-refractivity contribution in [2.75, 3.05) is 5.32 Å². The van der Waals surface area contributed by atoms with Crippen LogP contribution in [-0.4, -0.2) is 16.0 Å². The number of amides is 1. The molecule has 0 atom stereocenters. The van der Waals surface area contributed by atoms with Gasteiger partial charge in [-0.1, -0.05) is 47.1 Å². The van der Waals surface area contributed by atoms with Crippen molar-refractivity contribution < 1.29 is 13.7 Å². The molecule has 0 aliphatic heterocycles. The van der Waals surface area contributed by atoms with Gasteiger partial charge in [-0.2, -0.15) is 4.98 Å². The van der Waals surface area contributed by atoms with Crippen molar-refractivity contribution >= 4 is 22.9 Å². The standard InChI is InChI=1S/C21H16FN3O2S/c1-13-5-7-14(8-6-13)11-18(26)23-17-9-10-28-19(17)21-24-20(25-27-21)15-3-2-4-16(22)12-15/h2-10,12H,11H2,1H3,(H,23,26). The van der Waals surface area contributed by atoms with Gasteiger partial charge >= 0.3 is 0 Å². The highest BCUT2D eigenvalue weighted by Gasteiger charge is 2.17. The fraction of sp³-hybridized carbons (Fsp3) is 0.0952. The summed E-state index contributed by atoms with van der Waals surface area (Å²) in [5.74, 6) is 0.0668. The highest BCUT2D eigenvalue weighted by Crippen LogP contribution is 2.33. The van der Waals surface area contributed by atoms with E-state index < -0.39 is 0 Å². The maximum absolute atomic E-state index is 13.4. The molecule has 0 unspecified atom stereocenters. The van der Waals surface area contributed by atoms with E-state index in [4.69, 9.17) is 4.52 Å². The van der Waals surface area contributed by atoms with Crippen molar-refractivity contribution in [2.24, 2.45) is 0 Å². The molecular weight excluding hydrogens is 377 g/mol. The molecular formula is C21H16FN3O2S. The number of aryl methyl sites for hydroxylation is 1. The average Bonchev–Trinajstić information content (AvgIpc) is 3.33. The number of nitrogens with zero attached hydrogens (tertiary/aromatic N) is 2. The van der Waals surface area contributed by atoms with Crippen LogP contribution >= 0.6 is 11.3 Å². The van der Waals surface area contributed by atoms with Gasteiger partial charge in [0.05, 0.1) is 12.1 Å². The quantitative estimate of drug-likeness (QED) is 0.513. The second kappa shape index (κ2) is 7.74. The van der Waals surface area contributed by atoms with Gasteiger partial charge in [0, 0.05) is 5.56 Å². The molecule has 2 aromatic carbocycles. The van der Waals surface area contributed by atoms with Crippen LogP contribution in [0.5, 0.6) is 0 Å². The summed E-state index contributed by atoms with van der Waals surface area (Å²) in [4.78, 5) is 17.4. The Hall–Kier alpha value is -3.32. The number of carbonyl (C=O) groups excluding carboxylic acids is 1. The molecule has 2 aromatic heterocycles. The molecule has 5 nitrogen and oxygen atoms in total. The van der Waals surface area contributed by atoms with Crippen molar-refractivity contribution in [3.05, 3.63) is 76.9 Å². The summed E-state index contributed by atoms with van der Waals surface area (Å²) in [6.07, 6.45) is 0.272. The summed E-state index contributed by atoms with van der Waals surface area (Å²) >= 11 is 1.38. The third-order valence-electron chi connectivity index (χ3n) is 4.13. The minimum atomic E-state index is -0.371. The first kappa shape index (κ1) is 18.1. The summed E-state index contributed by atoms with van der Waals surface area (Å²) in [5.41, 5.74) is 3.22. The molecule has 0 bridgehead atoms. The lowest BCUT2D eigenvalue weighted by Gasteiger charge is -2.05. The Balaban J connectivity index is 1.51. The van der Waals surface area contributed by atoms with Gasteiger partial charge in [0.25, 0.3) is 5.89 Å². The lowest BCUT2D eigenvalue weighted by molar-refractivity contribution is -0.115. The number of rotatable bonds is 5. The number of hydrogen-bond donors (Lipinski definition) is 1. The summed E-state index contributed by atoms with van der Waals surface area (Å²) in [5, 5.41) is 8.65. The number of benzene rings is 2. The number of anilines is 1. The van der Waals surface area contributed by atoms with Crippen LogP contribution in [0.1, 0.15) is 11.1 Å². The van der Waals surface area contributed by atoms with Crippen molar-refractivity contribution in [3.63, 3.8) is 0 Å². The molecule has 0 saturated heterocycles. The van der Waals surface area contributed by atoms with E-state index in [1.165, 1.54) is 23.5 Å². The van der Waals surface area contributed by atoms with E-state index in [1.807, 2.05) is 36.6 Å². The van der Waals surface area contributed by atoms with Crippen LogP contribution in [0.25, 0.3) is 22.2 Å². The van der Waals surface area contributed by atoms with Gasteiger partial charge in [-0.25, -0.2) is 4.39 Å². The zero-order chi connectivity index (χ0) is 19.5. The summed E-state index contributed by atoms with van der Waals surface area (Å²) in [7, 11) is 0. The number of carbonyl (C=O) groups is 1. The van der Waals surface area contributed by atoms with Gasteiger partial charge in [-0.05, 0) is 36.1 Å². The molecule has 4 aromatic rings. The third kappa shape index (κ3) is 3.99. The molecule has 0 spiro atoms. The normalized spacial score (nSPS) is 10.8. The first-order chi connectivity index (χ1) is 13.6. The number of halogens is 1. The van der Waals surface area contributed by atoms with Crippen molar-refractivity contribution in [2.45, 2.75) is 13.3 Å². The monoisotopic (exact) mass is 393 g/mol. The maximum Gasteiger partial charge on any atom is 0.270 e. The SMILES string of the molecule is Cc1ccc(CC(=O)Nc2ccsc2-c2nc(-c3cccc(F)c3)no2)cc1. The van der Waals surface area contributed by atoms with Gasteiger partial charge < -0.3 is 9.84 Å². The Bertz CT molecular complexity index is 1120. The Kier molecular flexibility index (Phi) is 4.99. The lowest BCUT2D eigenvalue weighted by atomic mass is 10.1. The lowest BCUT2D eigenvalue weighted by Crippen LogP contribution is -2.14. The second-order valence-electron chi connectivity index (χ2n) is 6.31. The summed E-state index contributed by atoms with van der Waals surface area (Å²) in [6, 6.07) is 15.6. The summed E-state index contributed by atoms with van der Waals surface area (Å²) < 4.78 is 18.7. The van der Waals surface area contributed by atoms with E-state index >= 15 is 0 Å². The Labute approximate surface area is 164 Å². The topological polar surface area (TPSA) is 68.0 Å². The van der Waals surface area contributed by atoms with Crippen molar-refractivity contribution in [1.29, 1.82) is 0 Å². The minimum absolute atomic E-state index is 0.131. The fourth-order valence-electron chi connectivity index (χ4n) is 2.72. The molecule has 0 saturated carbocycles. The van der Waals surface area contributed by atoms with E-state index in [0.29, 0.717) is 22.0 Å². The van der Waals surface area contributed by atoms with Crippen LogP contribution in [0.4, 0.5) is 10.1 Å². The predicted octanol–water partition coefficient (Wildman–Crippen LogP) is 5.09. The first-order valence-electron chi connectivity index (χ1n) is 8.61. The molecule has 0 aliphatic carbocycles. The van der Waals surface area contributed by atoms with Crippen LogP contribution in [0.2, 0.25) is 0 Å². The highest BCUT2D eigenvalue weighted by atomic mass is 32.1.